The second-order valence-corrected chi connectivity index (χ2v) is 17.7. The van der Waals surface area contributed by atoms with Crippen LogP contribution in [-0.4, -0.2) is 0 Å². The van der Waals surface area contributed by atoms with Crippen LogP contribution in [0.4, 0.5) is 17.1 Å². The van der Waals surface area contributed by atoms with Gasteiger partial charge >= 0.3 is 0 Å². The maximum atomic E-state index is 2.56. The summed E-state index contributed by atoms with van der Waals surface area (Å²) >= 11 is 0. The number of rotatable bonds is 7. The van der Waals surface area contributed by atoms with Crippen LogP contribution in [0.2, 0.25) is 0 Å². The van der Waals surface area contributed by atoms with E-state index in [0.29, 0.717) is 0 Å². The number of fused-ring (bicyclic) bond motifs is 6. The summed E-state index contributed by atoms with van der Waals surface area (Å²) in [6.07, 6.45) is 0. The van der Waals surface area contributed by atoms with Crippen molar-refractivity contribution >= 4 is 17.1 Å². The molecule has 0 heterocycles. The van der Waals surface area contributed by atoms with Gasteiger partial charge in [-0.15, -0.1) is 0 Å². The normalized spacial score (nSPS) is 13.8. The molecule has 1 heteroatoms. The highest BCUT2D eigenvalue weighted by Gasteiger charge is 2.44. The van der Waals surface area contributed by atoms with Gasteiger partial charge in [-0.2, -0.15) is 0 Å². The third-order valence-electron chi connectivity index (χ3n) is 13.5. The number of nitrogens with zero attached hydrogens (tertiary/aromatic N) is 1. The number of hydrogen-bond acceptors (Lipinski definition) is 1. The molecule has 0 saturated carbocycles. The first-order valence-corrected chi connectivity index (χ1v) is 21.5. The molecule has 0 atom stereocenters. The van der Waals surface area contributed by atoms with E-state index in [9.17, 15) is 0 Å². The average molecular weight is 782 g/mol. The SMILES string of the molecule is CC1(C)c2cc(N(c3ccc(-c4ccccc4)cc3)c3ccc(-c4ccccc4)cc3)ccc2-c2cc3c(cc21)-c1c(-c2ccccc2)ccc(-c2ccccc2)c1C3(C)C. The second kappa shape index (κ2) is 14.2. The van der Waals surface area contributed by atoms with E-state index < -0.39 is 0 Å². The van der Waals surface area contributed by atoms with Crippen LogP contribution in [0.25, 0.3) is 66.8 Å². The lowest BCUT2D eigenvalue weighted by molar-refractivity contribution is 0.653. The molecular formula is C60H47N. The maximum absolute atomic E-state index is 2.56. The molecule has 11 rings (SSSR count). The van der Waals surface area contributed by atoms with Gasteiger partial charge in [0.1, 0.15) is 0 Å². The van der Waals surface area contributed by atoms with Gasteiger partial charge < -0.3 is 4.90 Å². The van der Waals surface area contributed by atoms with E-state index in [1.165, 1.54) is 89.0 Å². The van der Waals surface area contributed by atoms with Crippen molar-refractivity contribution in [3.8, 4) is 66.8 Å². The summed E-state index contributed by atoms with van der Waals surface area (Å²) in [5.74, 6) is 0. The van der Waals surface area contributed by atoms with Crippen LogP contribution in [-0.2, 0) is 10.8 Å². The Hall–Kier alpha value is -7.22. The maximum Gasteiger partial charge on any atom is 0.0465 e. The van der Waals surface area contributed by atoms with Crippen molar-refractivity contribution in [2.24, 2.45) is 0 Å². The summed E-state index contributed by atoms with van der Waals surface area (Å²) in [6.45, 7) is 9.70. The van der Waals surface area contributed by atoms with Crippen molar-refractivity contribution < 1.29 is 0 Å². The van der Waals surface area contributed by atoms with Crippen LogP contribution in [0.1, 0.15) is 49.9 Å². The number of anilines is 3. The molecule has 0 fully saturated rings. The second-order valence-electron chi connectivity index (χ2n) is 17.7. The van der Waals surface area contributed by atoms with Crippen molar-refractivity contribution in [2.75, 3.05) is 4.90 Å². The van der Waals surface area contributed by atoms with E-state index in [0.717, 1.165) is 17.1 Å². The molecule has 292 valence electrons. The van der Waals surface area contributed by atoms with Gasteiger partial charge in [-0.3, -0.25) is 0 Å². The Kier molecular flexibility index (Phi) is 8.58. The summed E-state index contributed by atoms with van der Waals surface area (Å²) in [6, 6.07) is 78.2. The van der Waals surface area contributed by atoms with Crippen LogP contribution in [0, 0.1) is 0 Å². The molecule has 0 spiro atoms. The molecule has 61 heavy (non-hydrogen) atoms. The molecule has 0 bridgehead atoms. The van der Waals surface area contributed by atoms with Crippen LogP contribution in [0.15, 0.2) is 212 Å². The van der Waals surface area contributed by atoms with Gasteiger partial charge in [0.05, 0.1) is 0 Å². The van der Waals surface area contributed by atoms with Gasteiger partial charge in [-0.05, 0) is 138 Å². The molecule has 9 aromatic carbocycles. The molecule has 0 amide bonds. The van der Waals surface area contributed by atoms with Crippen LogP contribution in [0.5, 0.6) is 0 Å². The average Bonchev–Trinajstić information content (AvgIpc) is 3.68. The van der Waals surface area contributed by atoms with Crippen molar-refractivity contribution in [3.05, 3.63) is 235 Å². The van der Waals surface area contributed by atoms with Crippen LogP contribution in [0.3, 0.4) is 0 Å². The van der Waals surface area contributed by atoms with E-state index in [1.54, 1.807) is 0 Å². The molecule has 0 aliphatic heterocycles. The quantitative estimate of drug-likeness (QED) is 0.156. The number of hydrogen-bond donors (Lipinski definition) is 0. The first-order chi connectivity index (χ1) is 29.8. The largest absolute Gasteiger partial charge is 0.310 e. The summed E-state index contributed by atoms with van der Waals surface area (Å²) in [5.41, 5.74) is 23.9. The highest BCUT2D eigenvalue weighted by molar-refractivity contribution is 6.00. The molecule has 0 saturated heterocycles. The summed E-state index contributed by atoms with van der Waals surface area (Å²) in [4.78, 5) is 2.42. The van der Waals surface area contributed by atoms with E-state index >= 15 is 0 Å². The van der Waals surface area contributed by atoms with E-state index in [-0.39, 0.29) is 10.8 Å². The zero-order valence-electron chi connectivity index (χ0n) is 35.2. The Labute approximate surface area is 360 Å². The van der Waals surface area contributed by atoms with E-state index in [2.05, 4.69) is 245 Å². The monoisotopic (exact) mass is 781 g/mol. The lowest BCUT2D eigenvalue weighted by Crippen LogP contribution is -2.18. The Morgan fingerprint density at radius 1 is 0.279 bits per heavy atom. The summed E-state index contributed by atoms with van der Waals surface area (Å²) in [7, 11) is 0. The van der Waals surface area contributed by atoms with Gasteiger partial charge in [0.25, 0.3) is 0 Å². The fourth-order valence-corrected chi connectivity index (χ4v) is 10.3. The topological polar surface area (TPSA) is 3.24 Å². The van der Waals surface area contributed by atoms with Gasteiger partial charge in [0.15, 0.2) is 0 Å². The van der Waals surface area contributed by atoms with Crippen LogP contribution < -0.4 is 4.90 Å². The predicted octanol–water partition coefficient (Wildman–Crippen LogP) is 16.4. The van der Waals surface area contributed by atoms with Gasteiger partial charge in [-0.25, -0.2) is 0 Å². The minimum atomic E-state index is -0.230. The smallest absolute Gasteiger partial charge is 0.0465 e. The number of benzene rings is 9. The molecule has 2 aliphatic carbocycles. The highest BCUT2D eigenvalue weighted by Crippen LogP contribution is 2.60. The molecule has 0 unspecified atom stereocenters. The Morgan fingerprint density at radius 3 is 1.18 bits per heavy atom. The molecule has 0 N–H and O–H groups in total. The lowest BCUT2D eigenvalue weighted by Gasteiger charge is -2.28. The van der Waals surface area contributed by atoms with Crippen molar-refractivity contribution in [1.82, 2.24) is 0 Å². The lowest BCUT2D eigenvalue weighted by atomic mass is 9.77. The first kappa shape index (κ1) is 36.8. The fraction of sp³-hybridized carbons (Fsp3) is 0.100. The van der Waals surface area contributed by atoms with Gasteiger partial charge in [-0.1, -0.05) is 191 Å². The molecule has 0 aromatic heterocycles. The van der Waals surface area contributed by atoms with Crippen molar-refractivity contribution in [1.29, 1.82) is 0 Å². The third kappa shape index (κ3) is 5.99. The fourth-order valence-electron chi connectivity index (χ4n) is 10.3. The van der Waals surface area contributed by atoms with E-state index in [4.69, 9.17) is 0 Å². The molecule has 2 aliphatic rings. The summed E-state index contributed by atoms with van der Waals surface area (Å²) < 4.78 is 0. The standard InChI is InChI=1S/C60H47N/c1-59(2)54-37-48(61(46-29-25-42(26-30-46)40-17-9-5-10-18-40)47-31-27-43(28-32-47)41-19-11-6-12-20-41)33-34-51(54)52-38-56-53(39-55(52)59)57-49(44-21-13-7-14-22-44)35-36-50(58(57)60(56,3)4)45-23-15-8-16-24-45/h5-39H,1-4H3. The first-order valence-electron chi connectivity index (χ1n) is 21.5. The Morgan fingerprint density at radius 2 is 0.656 bits per heavy atom. The van der Waals surface area contributed by atoms with Crippen LogP contribution >= 0.6 is 0 Å². The van der Waals surface area contributed by atoms with E-state index in [1.807, 2.05) is 0 Å². The molecular weight excluding hydrogens is 735 g/mol. The molecule has 9 aromatic rings. The van der Waals surface area contributed by atoms with Crippen molar-refractivity contribution in [3.63, 3.8) is 0 Å². The third-order valence-corrected chi connectivity index (χ3v) is 13.5. The molecule has 1 nitrogen and oxygen atoms in total. The van der Waals surface area contributed by atoms with Gasteiger partial charge in [0.2, 0.25) is 0 Å². The molecule has 0 radical (unpaired) electrons. The zero-order valence-corrected chi connectivity index (χ0v) is 35.2. The Balaban J connectivity index is 1.05. The summed E-state index contributed by atoms with van der Waals surface area (Å²) in [5, 5.41) is 0. The predicted molar refractivity (Wildman–Crippen MR) is 258 cm³/mol. The van der Waals surface area contributed by atoms with Crippen molar-refractivity contribution in [2.45, 2.75) is 38.5 Å². The minimum absolute atomic E-state index is 0.211. The minimum Gasteiger partial charge on any atom is -0.310 e. The Bertz CT molecular complexity index is 2990. The zero-order chi connectivity index (χ0) is 41.3. The van der Waals surface area contributed by atoms with Gasteiger partial charge in [0, 0.05) is 27.9 Å². The highest BCUT2D eigenvalue weighted by atomic mass is 15.1.